The molecule has 23 heavy (non-hydrogen) atoms. The first-order chi connectivity index (χ1) is 11.0. The Morgan fingerprint density at radius 2 is 1.87 bits per heavy atom. The standard InChI is InChI=1S/C17H16F3NO2/c1-2-13-6-5-7-14(10-13)11-21-22-12-15-8-3-4-9-16(15)23-17(18,19)20/h3-11H,2,12H2,1H3. The van der Waals surface area contributed by atoms with Crippen molar-refractivity contribution in [2.45, 2.75) is 26.3 Å². The van der Waals surface area contributed by atoms with Crippen LogP contribution in [-0.4, -0.2) is 12.6 Å². The van der Waals surface area contributed by atoms with E-state index in [1.807, 2.05) is 31.2 Å². The maximum Gasteiger partial charge on any atom is 0.573 e. The van der Waals surface area contributed by atoms with Gasteiger partial charge in [-0.1, -0.05) is 54.5 Å². The van der Waals surface area contributed by atoms with E-state index in [-0.39, 0.29) is 17.9 Å². The maximum atomic E-state index is 12.3. The SMILES string of the molecule is CCc1cccc(C=NOCc2ccccc2OC(F)(F)F)c1. The summed E-state index contributed by atoms with van der Waals surface area (Å²) < 4.78 is 40.9. The van der Waals surface area contributed by atoms with Crippen molar-refractivity contribution in [3.8, 4) is 5.75 Å². The molecule has 0 aliphatic rings. The molecule has 2 rings (SSSR count). The first kappa shape index (κ1) is 16.9. The zero-order valence-corrected chi connectivity index (χ0v) is 12.5. The molecule has 0 saturated carbocycles. The van der Waals surface area contributed by atoms with Crippen LogP contribution in [0.25, 0.3) is 0 Å². The Kier molecular flexibility index (Phi) is 5.62. The number of para-hydroxylation sites is 1. The number of rotatable bonds is 6. The zero-order chi connectivity index (χ0) is 16.7. The molecule has 0 radical (unpaired) electrons. The Morgan fingerprint density at radius 3 is 2.61 bits per heavy atom. The molecule has 0 spiro atoms. The summed E-state index contributed by atoms with van der Waals surface area (Å²) in [5.74, 6) is -0.289. The third-order valence-electron chi connectivity index (χ3n) is 3.05. The van der Waals surface area contributed by atoms with Gasteiger partial charge in [0.15, 0.2) is 0 Å². The van der Waals surface area contributed by atoms with Crippen molar-refractivity contribution in [1.29, 1.82) is 0 Å². The number of aryl methyl sites for hydroxylation is 1. The number of hydrogen-bond acceptors (Lipinski definition) is 3. The lowest BCUT2D eigenvalue weighted by molar-refractivity contribution is -0.275. The van der Waals surface area contributed by atoms with Gasteiger partial charge in [0.2, 0.25) is 0 Å². The highest BCUT2D eigenvalue weighted by atomic mass is 19.4. The molecular formula is C17H16F3NO2. The molecule has 0 aliphatic heterocycles. The fourth-order valence-electron chi connectivity index (χ4n) is 1.95. The second-order valence-electron chi connectivity index (χ2n) is 4.76. The van der Waals surface area contributed by atoms with Gasteiger partial charge in [0.05, 0.1) is 6.21 Å². The van der Waals surface area contributed by atoms with Gasteiger partial charge < -0.3 is 9.57 Å². The summed E-state index contributed by atoms with van der Waals surface area (Å²) in [6, 6.07) is 13.5. The van der Waals surface area contributed by atoms with E-state index < -0.39 is 6.36 Å². The van der Waals surface area contributed by atoms with Crippen LogP contribution in [0.15, 0.2) is 53.7 Å². The lowest BCUT2D eigenvalue weighted by Crippen LogP contribution is -2.18. The van der Waals surface area contributed by atoms with Gasteiger partial charge in [-0.2, -0.15) is 0 Å². The lowest BCUT2D eigenvalue weighted by Gasteiger charge is -2.12. The van der Waals surface area contributed by atoms with E-state index in [0.717, 1.165) is 17.5 Å². The Morgan fingerprint density at radius 1 is 1.09 bits per heavy atom. The van der Waals surface area contributed by atoms with E-state index in [0.29, 0.717) is 0 Å². The molecule has 0 atom stereocenters. The van der Waals surface area contributed by atoms with Crippen molar-refractivity contribution in [1.82, 2.24) is 0 Å². The summed E-state index contributed by atoms with van der Waals surface area (Å²) >= 11 is 0. The first-order valence-corrected chi connectivity index (χ1v) is 7.06. The van der Waals surface area contributed by atoms with E-state index >= 15 is 0 Å². The van der Waals surface area contributed by atoms with E-state index in [1.54, 1.807) is 6.07 Å². The highest BCUT2D eigenvalue weighted by Crippen LogP contribution is 2.26. The second kappa shape index (κ2) is 7.67. The van der Waals surface area contributed by atoms with Gasteiger partial charge in [0, 0.05) is 5.56 Å². The molecule has 0 N–H and O–H groups in total. The minimum atomic E-state index is -4.74. The van der Waals surface area contributed by atoms with Crippen LogP contribution in [0.1, 0.15) is 23.6 Å². The molecular weight excluding hydrogens is 307 g/mol. The number of oxime groups is 1. The molecule has 2 aromatic rings. The van der Waals surface area contributed by atoms with Crippen molar-refractivity contribution in [2.75, 3.05) is 0 Å². The highest BCUT2D eigenvalue weighted by Gasteiger charge is 2.32. The van der Waals surface area contributed by atoms with Crippen molar-refractivity contribution in [3.05, 3.63) is 65.2 Å². The smallest absolute Gasteiger partial charge is 0.405 e. The van der Waals surface area contributed by atoms with Crippen LogP contribution in [0.3, 0.4) is 0 Å². The number of hydrogen-bond donors (Lipinski definition) is 0. The fourth-order valence-corrected chi connectivity index (χ4v) is 1.95. The largest absolute Gasteiger partial charge is 0.573 e. The monoisotopic (exact) mass is 323 g/mol. The van der Waals surface area contributed by atoms with Gasteiger partial charge in [0.25, 0.3) is 0 Å². The van der Waals surface area contributed by atoms with Gasteiger partial charge in [-0.15, -0.1) is 13.2 Å². The summed E-state index contributed by atoms with van der Waals surface area (Å²) in [6.45, 7) is 1.93. The van der Waals surface area contributed by atoms with Gasteiger partial charge in [-0.3, -0.25) is 0 Å². The lowest BCUT2D eigenvalue weighted by atomic mass is 10.1. The van der Waals surface area contributed by atoms with Crippen LogP contribution in [0.4, 0.5) is 13.2 Å². The topological polar surface area (TPSA) is 30.8 Å². The Balaban J connectivity index is 1.97. The van der Waals surface area contributed by atoms with Gasteiger partial charge >= 0.3 is 6.36 Å². The number of nitrogens with zero attached hydrogens (tertiary/aromatic N) is 1. The molecule has 0 saturated heterocycles. The molecule has 3 nitrogen and oxygen atoms in total. The molecule has 0 bridgehead atoms. The van der Waals surface area contributed by atoms with Gasteiger partial charge in [0.1, 0.15) is 12.4 Å². The van der Waals surface area contributed by atoms with E-state index in [1.165, 1.54) is 24.4 Å². The van der Waals surface area contributed by atoms with Crippen LogP contribution in [0.5, 0.6) is 5.75 Å². The Bertz CT molecular complexity index is 669. The summed E-state index contributed by atoms with van der Waals surface area (Å²) in [6.07, 6.45) is -2.31. The third-order valence-corrected chi connectivity index (χ3v) is 3.05. The normalized spacial score (nSPS) is 11.7. The number of alkyl halides is 3. The van der Waals surface area contributed by atoms with Crippen LogP contribution in [0, 0.1) is 0 Å². The predicted molar refractivity (Wildman–Crippen MR) is 81.3 cm³/mol. The maximum absolute atomic E-state index is 12.3. The molecule has 2 aromatic carbocycles. The van der Waals surface area contributed by atoms with Gasteiger partial charge in [-0.25, -0.2) is 0 Å². The highest BCUT2D eigenvalue weighted by molar-refractivity contribution is 5.79. The minimum absolute atomic E-state index is 0.115. The molecule has 0 fully saturated rings. The molecule has 0 aromatic heterocycles. The number of halogens is 3. The second-order valence-corrected chi connectivity index (χ2v) is 4.76. The third kappa shape index (κ3) is 5.65. The number of ether oxygens (including phenoxy) is 1. The van der Waals surface area contributed by atoms with Crippen molar-refractivity contribution < 1.29 is 22.7 Å². The van der Waals surface area contributed by atoms with E-state index in [2.05, 4.69) is 9.89 Å². The Labute approximate surface area is 132 Å². The summed E-state index contributed by atoms with van der Waals surface area (Å²) in [5, 5.41) is 3.79. The van der Waals surface area contributed by atoms with Crippen LogP contribution in [-0.2, 0) is 17.9 Å². The molecule has 0 heterocycles. The van der Waals surface area contributed by atoms with Crippen LogP contribution in [0.2, 0.25) is 0 Å². The van der Waals surface area contributed by atoms with Crippen molar-refractivity contribution in [2.24, 2.45) is 5.16 Å². The van der Waals surface area contributed by atoms with Crippen LogP contribution >= 0.6 is 0 Å². The summed E-state index contributed by atoms with van der Waals surface area (Å²) in [4.78, 5) is 5.07. The van der Waals surface area contributed by atoms with Crippen LogP contribution < -0.4 is 4.74 Å². The first-order valence-electron chi connectivity index (χ1n) is 7.06. The van der Waals surface area contributed by atoms with E-state index in [4.69, 9.17) is 4.84 Å². The molecule has 6 heteroatoms. The van der Waals surface area contributed by atoms with E-state index in [9.17, 15) is 13.2 Å². The van der Waals surface area contributed by atoms with Gasteiger partial charge in [-0.05, 0) is 23.6 Å². The fraction of sp³-hybridized carbons (Fsp3) is 0.235. The molecule has 0 aliphatic carbocycles. The Hall–Kier alpha value is -2.50. The number of benzene rings is 2. The predicted octanol–water partition coefficient (Wildman–Crippen LogP) is 4.70. The average molecular weight is 323 g/mol. The summed E-state index contributed by atoms with van der Waals surface area (Å²) in [5.41, 5.74) is 2.30. The van der Waals surface area contributed by atoms with Crippen molar-refractivity contribution in [3.63, 3.8) is 0 Å². The zero-order valence-electron chi connectivity index (χ0n) is 12.5. The molecule has 0 amide bonds. The minimum Gasteiger partial charge on any atom is -0.405 e. The quantitative estimate of drug-likeness (QED) is 0.570. The average Bonchev–Trinajstić information content (AvgIpc) is 2.52. The molecule has 0 unspecified atom stereocenters. The summed E-state index contributed by atoms with van der Waals surface area (Å²) in [7, 11) is 0. The molecule has 122 valence electrons. The van der Waals surface area contributed by atoms with Crippen molar-refractivity contribution >= 4 is 6.21 Å².